The van der Waals surface area contributed by atoms with Crippen LogP contribution in [0.2, 0.25) is 0 Å². The van der Waals surface area contributed by atoms with Crippen molar-refractivity contribution in [3.8, 4) is 5.75 Å². The fourth-order valence-corrected chi connectivity index (χ4v) is 2.76. The second-order valence-corrected chi connectivity index (χ2v) is 7.26. The van der Waals surface area contributed by atoms with Crippen LogP contribution in [-0.4, -0.2) is 28.8 Å². The molecule has 0 saturated heterocycles. The summed E-state index contributed by atoms with van der Waals surface area (Å²) in [6.45, 7) is 6.11. The maximum absolute atomic E-state index is 13.0. The van der Waals surface area contributed by atoms with Crippen LogP contribution in [0.1, 0.15) is 32.4 Å². The molecule has 3 aromatic rings. The largest absolute Gasteiger partial charge is 0.497 e. The molecule has 0 aliphatic carbocycles. The van der Waals surface area contributed by atoms with Gasteiger partial charge >= 0.3 is 0 Å². The third kappa shape index (κ3) is 4.21. The van der Waals surface area contributed by atoms with Gasteiger partial charge in [0.15, 0.2) is 0 Å². The van der Waals surface area contributed by atoms with Crippen LogP contribution in [0.15, 0.2) is 48.7 Å². The highest BCUT2D eigenvalue weighted by Crippen LogP contribution is 2.23. The third-order valence-electron chi connectivity index (χ3n) is 4.00. The fraction of sp³-hybridized carbons (Fsp3) is 0.300. The molecule has 0 saturated carbocycles. The van der Waals surface area contributed by atoms with Crippen LogP contribution in [-0.2, 0) is 4.79 Å². The molecule has 3 N–H and O–H groups in total. The normalized spacial score (nSPS) is 12.8. The zero-order chi connectivity index (χ0) is 18.7. The number of rotatable bonds is 5. The van der Waals surface area contributed by atoms with Crippen LogP contribution in [0.5, 0.6) is 5.75 Å². The lowest BCUT2D eigenvalue weighted by atomic mass is 10.0. The number of amides is 1. The van der Waals surface area contributed by atoms with Gasteiger partial charge in [-0.25, -0.2) is 0 Å². The molecule has 6 heteroatoms. The van der Waals surface area contributed by atoms with E-state index in [2.05, 4.69) is 20.8 Å². The smallest absolute Gasteiger partial charge is 0.246 e. The first-order chi connectivity index (χ1) is 12.4. The highest BCUT2D eigenvalue weighted by Gasteiger charge is 2.25. The van der Waals surface area contributed by atoms with Crippen molar-refractivity contribution in [1.82, 2.24) is 15.5 Å². The summed E-state index contributed by atoms with van der Waals surface area (Å²) in [5.74, 6) is 0.641. The Hall–Kier alpha value is -2.86. The average molecular weight is 352 g/mol. The molecular formula is C20H24N4O2. The Kier molecular flexibility index (Phi) is 4.95. The third-order valence-corrected chi connectivity index (χ3v) is 4.00. The topological polar surface area (TPSA) is 79.0 Å². The van der Waals surface area contributed by atoms with Gasteiger partial charge in [0, 0.05) is 16.6 Å². The van der Waals surface area contributed by atoms with E-state index in [4.69, 9.17) is 4.74 Å². The number of carbonyl (C=O) groups excluding carboxylic acids is 1. The molecule has 26 heavy (non-hydrogen) atoms. The average Bonchev–Trinajstić information content (AvgIpc) is 3.07. The lowest BCUT2D eigenvalue weighted by Gasteiger charge is -2.28. The number of H-pyrrole nitrogens is 1. The van der Waals surface area contributed by atoms with Gasteiger partial charge in [0.1, 0.15) is 11.8 Å². The second kappa shape index (κ2) is 7.17. The fourth-order valence-electron chi connectivity index (χ4n) is 2.76. The molecule has 1 atom stereocenters. The number of nitrogens with one attached hydrogen (secondary N) is 3. The van der Waals surface area contributed by atoms with E-state index in [1.165, 1.54) is 0 Å². The van der Waals surface area contributed by atoms with Crippen molar-refractivity contribution in [3.05, 3.63) is 54.2 Å². The predicted molar refractivity (Wildman–Crippen MR) is 103 cm³/mol. The van der Waals surface area contributed by atoms with Crippen LogP contribution in [0, 0.1) is 0 Å². The van der Waals surface area contributed by atoms with Crippen LogP contribution in [0.4, 0.5) is 5.69 Å². The van der Waals surface area contributed by atoms with Gasteiger partial charge < -0.3 is 10.1 Å². The van der Waals surface area contributed by atoms with Gasteiger partial charge in [-0.1, -0.05) is 12.1 Å². The zero-order valence-corrected chi connectivity index (χ0v) is 15.5. The standard InChI is InChI=1S/C20H24N4O2/c1-20(2,3)23-18(13-5-8-16(26-4)9-6-13)19(25)22-15-7-10-17-14(11-15)12-21-24-17/h5-12,18,23H,1-4H3,(H,21,24)(H,22,25). The van der Waals surface area contributed by atoms with Crippen molar-refractivity contribution in [2.24, 2.45) is 0 Å². The lowest BCUT2D eigenvalue weighted by molar-refractivity contribution is -0.118. The van der Waals surface area contributed by atoms with Gasteiger partial charge in [0.05, 0.1) is 18.8 Å². The maximum atomic E-state index is 13.0. The van der Waals surface area contributed by atoms with Gasteiger partial charge in [-0.3, -0.25) is 15.2 Å². The molecular weight excluding hydrogens is 328 g/mol. The molecule has 1 heterocycles. The summed E-state index contributed by atoms with van der Waals surface area (Å²) in [6.07, 6.45) is 1.74. The van der Waals surface area contributed by atoms with Crippen LogP contribution >= 0.6 is 0 Å². The summed E-state index contributed by atoms with van der Waals surface area (Å²) in [4.78, 5) is 13.0. The molecule has 6 nitrogen and oxygen atoms in total. The van der Waals surface area contributed by atoms with E-state index in [1.54, 1.807) is 13.3 Å². The van der Waals surface area contributed by atoms with E-state index in [-0.39, 0.29) is 11.4 Å². The molecule has 1 amide bonds. The van der Waals surface area contributed by atoms with Crippen LogP contribution in [0.25, 0.3) is 10.9 Å². The predicted octanol–water partition coefficient (Wildman–Crippen LogP) is 3.64. The first-order valence-corrected chi connectivity index (χ1v) is 8.51. The molecule has 0 spiro atoms. The number of fused-ring (bicyclic) bond motifs is 1. The maximum Gasteiger partial charge on any atom is 0.246 e. The van der Waals surface area contributed by atoms with Gasteiger partial charge in [0.2, 0.25) is 5.91 Å². The number of hydrogen-bond acceptors (Lipinski definition) is 4. The number of ether oxygens (including phenoxy) is 1. The van der Waals surface area contributed by atoms with Crippen molar-refractivity contribution >= 4 is 22.5 Å². The first kappa shape index (κ1) is 17.9. The first-order valence-electron chi connectivity index (χ1n) is 8.51. The summed E-state index contributed by atoms with van der Waals surface area (Å²) < 4.78 is 5.21. The summed E-state index contributed by atoms with van der Waals surface area (Å²) in [5, 5.41) is 14.3. The Morgan fingerprint density at radius 1 is 1.15 bits per heavy atom. The van der Waals surface area contributed by atoms with Gasteiger partial charge in [-0.15, -0.1) is 0 Å². The van der Waals surface area contributed by atoms with Crippen LogP contribution in [0.3, 0.4) is 0 Å². The molecule has 0 aliphatic rings. The molecule has 0 radical (unpaired) electrons. The number of nitrogens with zero attached hydrogens (tertiary/aromatic N) is 1. The van der Waals surface area contributed by atoms with E-state index in [9.17, 15) is 4.79 Å². The zero-order valence-electron chi connectivity index (χ0n) is 15.5. The molecule has 0 bridgehead atoms. The highest BCUT2D eigenvalue weighted by atomic mass is 16.5. The number of aromatic nitrogens is 2. The van der Waals surface area contributed by atoms with Crippen LogP contribution < -0.4 is 15.4 Å². The Labute approximate surface area is 152 Å². The summed E-state index contributed by atoms with van der Waals surface area (Å²) >= 11 is 0. The van der Waals surface area contributed by atoms with Crippen molar-refractivity contribution < 1.29 is 9.53 Å². The number of methoxy groups -OCH3 is 1. The highest BCUT2D eigenvalue weighted by molar-refractivity contribution is 5.97. The quantitative estimate of drug-likeness (QED) is 0.655. The molecule has 0 fully saturated rings. The van der Waals surface area contributed by atoms with E-state index < -0.39 is 6.04 Å². The number of carbonyl (C=O) groups is 1. The minimum Gasteiger partial charge on any atom is -0.497 e. The second-order valence-electron chi connectivity index (χ2n) is 7.26. The number of hydrogen-bond donors (Lipinski definition) is 3. The Bertz CT molecular complexity index is 894. The Morgan fingerprint density at radius 2 is 1.88 bits per heavy atom. The van der Waals surface area contributed by atoms with Crippen molar-refractivity contribution in [2.75, 3.05) is 12.4 Å². The summed E-state index contributed by atoms with van der Waals surface area (Å²) in [5.41, 5.74) is 2.32. The van der Waals surface area contributed by atoms with Gasteiger partial charge in [-0.05, 0) is 56.7 Å². The Balaban J connectivity index is 1.85. The molecule has 1 aromatic heterocycles. The minimum atomic E-state index is -0.485. The van der Waals surface area contributed by atoms with E-state index in [0.717, 1.165) is 27.9 Å². The van der Waals surface area contributed by atoms with E-state index in [1.807, 2.05) is 63.2 Å². The van der Waals surface area contributed by atoms with E-state index in [0.29, 0.717) is 0 Å². The molecule has 1 unspecified atom stereocenters. The number of benzene rings is 2. The molecule has 136 valence electrons. The van der Waals surface area contributed by atoms with Crippen molar-refractivity contribution in [3.63, 3.8) is 0 Å². The molecule has 0 aliphatic heterocycles. The number of aromatic amines is 1. The Morgan fingerprint density at radius 3 is 2.54 bits per heavy atom. The van der Waals surface area contributed by atoms with Gasteiger partial charge in [0.25, 0.3) is 0 Å². The minimum absolute atomic E-state index is 0.118. The lowest BCUT2D eigenvalue weighted by Crippen LogP contribution is -2.44. The monoisotopic (exact) mass is 352 g/mol. The molecule has 3 rings (SSSR count). The summed E-state index contributed by atoms with van der Waals surface area (Å²) in [6, 6.07) is 12.7. The van der Waals surface area contributed by atoms with Crippen molar-refractivity contribution in [2.45, 2.75) is 32.4 Å². The summed E-state index contributed by atoms with van der Waals surface area (Å²) in [7, 11) is 1.62. The SMILES string of the molecule is COc1ccc(C(NC(C)(C)C)C(=O)Nc2ccc3[nH]ncc3c2)cc1. The number of anilines is 1. The van der Waals surface area contributed by atoms with Crippen molar-refractivity contribution in [1.29, 1.82) is 0 Å². The molecule has 2 aromatic carbocycles. The van der Waals surface area contributed by atoms with Gasteiger partial charge in [-0.2, -0.15) is 5.10 Å². The van der Waals surface area contributed by atoms with E-state index >= 15 is 0 Å².